The molecule has 1 aromatic heterocycles. The Hall–Kier alpha value is -2.34. The third kappa shape index (κ3) is 2.65. The molecule has 0 amide bonds. The van der Waals surface area contributed by atoms with Crippen LogP contribution in [0.25, 0.3) is 17.1 Å². The summed E-state index contributed by atoms with van der Waals surface area (Å²) in [6, 6.07) is 11.5. The van der Waals surface area contributed by atoms with Crippen molar-refractivity contribution >= 4 is 28.9 Å². The van der Waals surface area contributed by atoms with Gasteiger partial charge in [-0.15, -0.1) is 0 Å². The van der Waals surface area contributed by atoms with E-state index >= 15 is 0 Å². The normalized spacial score (nSPS) is 11.4. The highest BCUT2D eigenvalue weighted by Gasteiger charge is 2.08. The molecule has 0 saturated carbocycles. The molecule has 0 spiro atoms. The Morgan fingerprint density at radius 1 is 1.20 bits per heavy atom. The minimum atomic E-state index is -0.253. The number of benzene rings is 2. The van der Waals surface area contributed by atoms with Crippen molar-refractivity contribution in [3.05, 3.63) is 64.5 Å². The van der Waals surface area contributed by atoms with Gasteiger partial charge in [-0.3, -0.25) is 4.63 Å². The predicted molar refractivity (Wildman–Crippen MR) is 74.3 cm³/mol. The number of hydrogen-bond acceptors (Lipinski definition) is 4. The van der Waals surface area contributed by atoms with Crippen LogP contribution in [0.2, 0.25) is 0 Å². The molecule has 0 fully saturated rings. The Labute approximate surface area is 118 Å². The molecule has 0 radical (unpaired) electrons. The lowest BCUT2D eigenvalue weighted by atomic mass is 10.2. The van der Waals surface area contributed by atoms with Crippen molar-refractivity contribution in [1.82, 2.24) is 5.16 Å². The third-order valence-electron chi connectivity index (χ3n) is 2.69. The van der Waals surface area contributed by atoms with Gasteiger partial charge in [0.15, 0.2) is 0 Å². The van der Waals surface area contributed by atoms with Crippen molar-refractivity contribution in [2.75, 3.05) is 0 Å². The van der Waals surface area contributed by atoms with Crippen LogP contribution in [0.1, 0.15) is 5.56 Å². The number of halogens is 1. The van der Waals surface area contributed by atoms with E-state index in [0.717, 1.165) is 10.5 Å². The summed E-state index contributed by atoms with van der Waals surface area (Å²) >= 11 is 1.46. The first-order valence-electron chi connectivity index (χ1n) is 5.81. The minimum absolute atomic E-state index is 0.253. The molecule has 3 rings (SSSR count). The van der Waals surface area contributed by atoms with Crippen molar-refractivity contribution in [3.63, 3.8) is 0 Å². The summed E-state index contributed by atoms with van der Waals surface area (Å²) in [7, 11) is 0. The summed E-state index contributed by atoms with van der Waals surface area (Å²) in [5.41, 5.74) is 1.77. The third-order valence-corrected chi connectivity index (χ3v) is 3.50. The van der Waals surface area contributed by atoms with Crippen LogP contribution in [0.4, 0.5) is 4.39 Å². The highest BCUT2D eigenvalue weighted by molar-refractivity contribution is 8.02. The minimum Gasteiger partial charge on any atom is -0.359 e. The van der Waals surface area contributed by atoms with Gasteiger partial charge in [-0.1, -0.05) is 17.8 Å². The Kier molecular flexibility index (Phi) is 3.39. The first-order chi connectivity index (χ1) is 9.72. The molecule has 100 valence electrons. The second-order valence-corrected chi connectivity index (χ2v) is 5.03. The van der Waals surface area contributed by atoms with Gasteiger partial charge in [0.1, 0.15) is 5.82 Å². The highest BCUT2D eigenvalue weighted by Crippen LogP contribution is 2.21. The van der Waals surface area contributed by atoms with Crippen LogP contribution in [-0.4, -0.2) is 5.16 Å². The number of aromatic nitrogens is 2. The quantitative estimate of drug-likeness (QED) is 0.548. The van der Waals surface area contributed by atoms with E-state index in [0.29, 0.717) is 15.9 Å². The average Bonchev–Trinajstić information content (AvgIpc) is 2.83. The van der Waals surface area contributed by atoms with Crippen LogP contribution in [0.15, 0.2) is 57.4 Å². The van der Waals surface area contributed by atoms with Gasteiger partial charge in [0.2, 0.25) is 11.0 Å². The summed E-state index contributed by atoms with van der Waals surface area (Å²) in [5, 5.41) is 16.8. The van der Waals surface area contributed by atoms with Gasteiger partial charge in [-0.2, -0.15) is 0 Å². The molecule has 0 aliphatic carbocycles. The largest absolute Gasteiger partial charge is 0.359 e. The summed E-state index contributed by atoms with van der Waals surface area (Å²) in [5.74, 6) is -0.253. The molecule has 0 aliphatic rings. The molecule has 0 aliphatic heterocycles. The fourth-order valence-corrected chi connectivity index (χ4v) is 2.37. The maximum atomic E-state index is 12.8. The number of hydrogen-bond donors (Lipinski definition) is 0. The van der Waals surface area contributed by atoms with Gasteiger partial charge in [0.05, 0.1) is 0 Å². The van der Waals surface area contributed by atoms with Crippen LogP contribution in [-0.2, 0) is 0 Å². The van der Waals surface area contributed by atoms with E-state index in [1.807, 2.05) is 17.6 Å². The van der Waals surface area contributed by atoms with Crippen LogP contribution in [0.5, 0.6) is 0 Å². The zero-order valence-corrected chi connectivity index (χ0v) is 11.0. The van der Waals surface area contributed by atoms with E-state index < -0.39 is 0 Å². The van der Waals surface area contributed by atoms with Crippen LogP contribution in [0, 0.1) is 11.0 Å². The maximum absolute atomic E-state index is 12.8. The van der Waals surface area contributed by atoms with E-state index in [9.17, 15) is 9.60 Å². The summed E-state index contributed by atoms with van der Waals surface area (Å²) in [6.45, 7) is 0. The number of fused-ring (bicyclic) bond motifs is 1. The van der Waals surface area contributed by atoms with Crippen molar-refractivity contribution in [1.29, 1.82) is 0 Å². The molecule has 1 heterocycles. The zero-order valence-electron chi connectivity index (χ0n) is 10.2. The van der Waals surface area contributed by atoms with E-state index in [2.05, 4.69) is 9.79 Å². The fraction of sp³-hybridized carbons (Fsp3) is 0. The molecule has 3 aromatic rings. The van der Waals surface area contributed by atoms with Crippen LogP contribution >= 0.6 is 11.8 Å². The lowest BCUT2D eigenvalue weighted by Gasteiger charge is -1.95. The van der Waals surface area contributed by atoms with Crippen LogP contribution in [0.3, 0.4) is 0 Å². The van der Waals surface area contributed by atoms with Gasteiger partial charge in [-0.25, -0.2) is 4.39 Å². The maximum Gasteiger partial charge on any atom is 0.248 e. The standard InChI is InChI=1S/C14H9FN2O2S/c15-11-2-4-12(5-3-11)20-8-7-10-1-6-13-14(9-10)17(18)19-16-13/h1-9H/b8-7-. The number of rotatable bonds is 3. The molecule has 2 aromatic carbocycles. The Morgan fingerprint density at radius 3 is 2.80 bits per heavy atom. The van der Waals surface area contributed by atoms with E-state index in [-0.39, 0.29) is 5.82 Å². The van der Waals surface area contributed by atoms with Gasteiger partial charge < -0.3 is 5.21 Å². The molecule has 6 heteroatoms. The molecular weight excluding hydrogens is 279 g/mol. The van der Waals surface area contributed by atoms with Crippen LogP contribution < -0.4 is 4.90 Å². The predicted octanol–water partition coefficient (Wildman–Crippen LogP) is 3.36. The fourth-order valence-electron chi connectivity index (χ4n) is 1.70. The van der Waals surface area contributed by atoms with Gasteiger partial charge in [-0.05, 0) is 52.3 Å². The molecule has 0 bridgehead atoms. The molecule has 4 nitrogen and oxygen atoms in total. The first kappa shape index (κ1) is 12.7. The Bertz CT molecular complexity index is 768. The van der Waals surface area contributed by atoms with Gasteiger partial charge in [0, 0.05) is 16.1 Å². The van der Waals surface area contributed by atoms with Crippen molar-refractivity contribution < 1.29 is 13.9 Å². The smallest absolute Gasteiger partial charge is 0.248 e. The molecule has 0 atom stereocenters. The second-order valence-electron chi connectivity index (χ2n) is 4.05. The highest BCUT2D eigenvalue weighted by atomic mass is 32.2. The van der Waals surface area contributed by atoms with Crippen molar-refractivity contribution in [2.45, 2.75) is 4.90 Å². The summed E-state index contributed by atoms with van der Waals surface area (Å²) < 4.78 is 17.3. The summed E-state index contributed by atoms with van der Waals surface area (Å²) in [6.07, 6.45) is 1.86. The molecule has 0 unspecified atom stereocenters. The molecular formula is C14H9FN2O2S. The second kappa shape index (κ2) is 5.34. The first-order valence-corrected chi connectivity index (χ1v) is 6.68. The Morgan fingerprint density at radius 2 is 2.00 bits per heavy atom. The monoisotopic (exact) mass is 288 g/mol. The average molecular weight is 288 g/mol. The SMILES string of the molecule is [O-][n+]1onc2ccc(/C=C\Sc3ccc(F)cc3)cc21. The lowest BCUT2D eigenvalue weighted by molar-refractivity contribution is -0.782. The Balaban J connectivity index is 1.76. The van der Waals surface area contributed by atoms with Gasteiger partial charge >= 0.3 is 0 Å². The molecule has 0 N–H and O–H groups in total. The molecule has 20 heavy (non-hydrogen) atoms. The number of thioether (sulfide) groups is 1. The van der Waals surface area contributed by atoms with Gasteiger partial charge in [0.25, 0.3) is 0 Å². The number of nitrogens with zero attached hydrogens (tertiary/aromatic N) is 2. The summed E-state index contributed by atoms with van der Waals surface area (Å²) in [4.78, 5) is 1.31. The van der Waals surface area contributed by atoms with Crippen molar-refractivity contribution in [2.24, 2.45) is 0 Å². The van der Waals surface area contributed by atoms with E-state index in [1.165, 1.54) is 23.9 Å². The molecule has 0 saturated heterocycles. The topological polar surface area (TPSA) is 53.0 Å². The van der Waals surface area contributed by atoms with Crippen molar-refractivity contribution in [3.8, 4) is 0 Å². The zero-order chi connectivity index (χ0) is 13.9. The lowest BCUT2D eigenvalue weighted by Crippen LogP contribution is -2.22. The van der Waals surface area contributed by atoms with E-state index in [4.69, 9.17) is 0 Å². The van der Waals surface area contributed by atoms with E-state index in [1.54, 1.807) is 24.3 Å².